The second kappa shape index (κ2) is 10.4. The lowest BCUT2D eigenvalue weighted by Gasteiger charge is -2.24. The molecule has 1 aliphatic rings. The fourth-order valence-electron chi connectivity index (χ4n) is 4.26. The third-order valence-electron chi connectivity index (χ3n) is 5.77. The molecule has 0 saturated heterocycles. The maximum Gasteiger partial charge on any atom is 0.257 e. The van der Waals surface area contributed by atoms with Gasteiger partial charge >= 0.3 is 0 Å². The van der Waals surface area contributed by atoms with Crippen molar-refractivity contribution < 1.29 is 9.53 Å². The predicted octanol–water partition coefficient (Wildman–Crippen LogP) is 4.00. The Balaban J connectivity index is 1.82. The first-order chi connectivity index (χ1) is 14.1. The summed E-state index contributed by atoms with van der Waals surface area (Å²) < 4.78 is 7.46. The van der Waals surface area contributed by atoms with Gasteiger partial charge in [-0.1, -0.05) is 49.6 Å². The van der Waals surface area contributed by atoms with Gasteiger partial charge in [0.25, 0.3) is 5.91 Å². The second-order valence-corrected chi connectivity index (χ2v) is 7.95. The number of pyridine rings is 1. The Morgan fingerprint density at radius 1 is 1.17 bits per heavy atom. The van der Waals surface area contributed by atoms with Crippen molar-refractivity contribution in [2.45, 2.75) is 71.1 Å². The van der Waals surface area contributed by atoms with Crippen LogP contribution in [0.15, 0.2) is 41.2 Å². The minimum atomic E-state index is -0.259. The summed E-state index contributed by atoms with van der Waals surface area (Å²) in [5.74, 6) is -0.259. The number of nitrogens with zero attached hydrogens (tertiary/aromatic N) is 1. The summed E-state index contributed by atoms with van der Waals surface area (Å²) in [6.07, 6.45) is 7.34. The zero-order chi connectivity index (χ0) is 20.6. The zero-order valence-corrected chi connectivity index (χ0v) is 17.6. The smallest absolute Gasteiger partial charge is 0.257 e. The van der Waals surface area contributed by atoms with Crippen molar-refractivity contribution in [1.29, 1.82) is 0 Å². The Bertz CT molecular complexity index is 868. The summed E-state index contributed by atoms with van der Waals surface area (Å²) >= 11 is 0. The summed E-state index contributed by atoms with van der Waals surface area (Å²) in [5, 5.41) is 3.10. The molecule has 0 atom stereocenters. The SMILES string of the molecule is COCc1c(C(=O)NC2CCCCC2)c(=O)cc(C)n1CCCc1ccccc1. The molecular weight excluding hydrogens is 364 g/mol. The van der Waals surface area contributed by atoms with Crippen LogP contribution in [0, 0.1) is 6.92 Å². The van der Waals surface area contributed by atoms with Crippen molar-refractivity contribution in [2.75, 3.05) is 7.11 Å². The number of hydrogen-bond donors (Lipinski definition) is 1. The number of carbonyl (C=O) groups excluding carboxylic acids is 1. The van der Waals surface area contributed by atoms with Crippen LogP contribution in [-0.2, 0) is 24.3 Å². The Morgan fingerprint density at radius 3 is 2.59 bits per heavy atom. The molecule has 1 N–H and O–H groups in total. The number of aromatic nitrogens is 1. The van der Waals surface area contributed by atoms with Gasteiger partial charge in [-0.25, -0.2) is 0 Å². The van der Waals surface area contributed by atoms with Crippen molar-refractivity contribution in [2.24, 2.45) is 0 Å². The number of hydrogen-bond acceptors (Lipinski definition) is 3. The Kier molecular flexibility index (Phi) is 7.64. The van der Waals surface area contributed by atoms with Crippen molar-refractivity contribution >= 4 is 5.91 Å². The molecule has 0 radical (unpaired) electrons. The highest BCUT2D eigenvalue weighted by Gasteiger charge is 2.23. The fourth-order valence-corrected chi connectivity index (χ4v) is 4.26. The Hall–Kier alpha value is -2.40. The van der Waals surface area contributed by atoms with Crippen LogP contribution in [0.5, 0.6) is 0 Å². The van der Waals surface area contributed by atoms with Crippen molar-refractivity contribution in [3.63, 3.8) is 0 Å². The minimum Gasteiger partial charge on any atom is -0.378 e. The topological polar surface area (TPSA) is 60.3 Å². The maximum absolute atomic E-state index is 13.0. The summed E-state index contributed by atoms with van der Waals surface area (Å²) in [6.45, 7) is 2.91. The first-order valence-electron chi connectivity index (χ1n) is 10.7. The van der Waals surface area contributed by atoms with E-state index in [1.807, 2.05) is 25.1 Å². The number of rotatable bonds is 8. The molecular formula is C24H32N2O3. The molecule has 0 unspecified atom stereocenters. The molecule has 5 nitrogen and oxygen atoms in total. The number of methoxy groups -OCH3 is 1. The van der Waals surface area contributed by atoms with Crippen LogP contribution in [0.25, 0.3) is 0 Å². The van der Waals surface area contributed by atoms with E-state index >= 15 is 0 Å². The summed E-state index contributed by atoms with van der Waals surface area (Å²) in [6, 6.07) is 12.1. The molecule has 1 aliphatic carbocycles. The zero-order valence-electron chi connectivity index (χ0n) is 17.6. The van der Waals surface area contributed by atoms with Gasteiger partial charge in [-0.05, 0) is 38.2 Å². The fraction of sp³-hybridized carbons (Fsp3) is 0.500. The third-order valence-corrected chi connectivity index (χ3v) is 5.77. The van der Waals surface area contributed by atoms with E-state index in [0.29, 0.717) is 5.69 Å². The molecule has 1 aromatic heterocycles. The van der Waals surface area contributed by atoms with Crippen LogP contribution in [0.2, 0.25) is 0 Å². The number of ether oxygens (including phenoxy) is 1. The Morgan fingerprint density at radius 2 is 1.90 bits per heavy atom. The lowest BCUT2D eigenvalue weighted by Crippen LogP contribution is -2.40. The number of carbonyl (C=O) groups is 1. The molecule has 1 amide bonds. The van der Waals surface area contributed by atoms with E-state index < -0.39 is 0 Å². The molecule has 1 heterocycles. The summed E-state index contributed by atoms with van der Waals surface area (Å²) in [5.41, 5.74) is 2.85. The first kappa shape index (κ1) is 21.3. The van der Waals surface area contributed by atoms with Crippen molar-refractivity contribution in [3.05, 3.63) is 69.1 Å². The molecule has 0 aliphatic heterocycles. The van der Waals surface area contributed by atoms with Gasteiger partial charge < -0.3 is 14.6 Å². The number of nitrogens with one attached hydrogen (secondary N) is 1. The highest BCUT2D eigenvalue weighted by Crippen LogP contribution is 2.19. The van der Waals surface area contributed by atoms with E-state index in [2.05, 4.69) is 22.0 Å². The number of aryl methyl sites for hydroxylation is 2. The predicted molar refractivity (Wildman–Crippen MR) is 115 cm³/mol. The van der Waals surface area contributed by atoms with Gasteiger partial charge in [-0.2, -0.15) is 0 Å². The van der Waals surface area contributed by atoms with E-state index in [-0.39, 0.29) is 29.5 Å². The molecule has 0 spiro atoms. The molecule has 5 heteroatoms. The van der Waals surface area contributed by atoms with Crippen molar-refractivity contribution in [1.82, 2.24) is 9.88 Å². The van der Waals surface area contributed by atoms with Crippen molar-refractivity contribution in [3.8, 4) is 0 Å². The van der Waals surface area contributed by atoms with Crippen LogP contribution in [0.4, 0.5) is 0 Å². The normalized spacial score (nSPS) is 14.7. The lowest BCUT2D eigenvalue weighted by molar-refractivity contribution is 0.0919. The van der Waals surface area contributed by atoms with E-state index in [1.54, 1.807) is 13.2 Å². The second-order valence-electron chi connectivity index (χ2n) is 7.95. The van der Waals surface area contributed by atoms with Gasteiger partial charge in [0.15, 0.2) is 5.43 Å². The molecule has 1 fully saturated rings. The van der Waals surface area contributed by atoms with Crippen LogP contribution in [0.3, 0.4) is 0 Å². The van der Waals surface area contributed by atoms with E-state index in [4.69, 9.17) is 4.74 Å². The standard InChI is InChI=1S/C24H32N2O3/c1-18-16-22(27)23(24(28)25-20-13-7-4-8-14-20)21(17-29-2)26(18)15-9-12-19-10-5-3-6-11-19/h3,5-6,10-11,16,20H,4,7-9,12-15,17H2,1-2H3,(H,25,28). The molecule has 1 aromatic carbocycles. The van der Waals surface area contributed by atoms with Gasteiger partial charge in [0.2, 0.25) is 0 Å². The molecule has 3 rings (SSSR count). The average Bonchev–Trinajstić information content (AvgIpc) is 2.72. The third kappa shape index (κ3) is 5.57. The van der Waals surface area contributed by atoms with Gasteiger partial charge in [0.1, 0.15) is 5.56 Å². The molecule has 0 bridgehead atoms. The van der Waals surface area contributed by atoms with Gasteiger partial charge in [0.05, 0.1) is 12.3 Å². The molecule has 156 valence electrons. The summed E-state index contributed by atoms with van der Waals surface area (Å²) in [4.78, 5) is 25.7. The average molecular weight is 397 g/mol. The molecule has 1 saturated carbocycles. The van der Waals surface area contributed by atoms with E-state index in [1.165, 1.54) is 12.0 Å². The first-order valence-corrected chi connectivity index (χ1v) is 10.7. The van der Waals surface area contributed by atoms with Crippen LogP contribution < -0.4 is 10.7 Å². The largest absolute Gasteiger partial charge is 0.378 e. The minimum absolute atomic E-state index is 0.166. The summed E-state index contributed by atoms with van der Waals surface area (Å²) in [7, 11) is 1.60. The van der Waals surface area contributed by atoms with Gasteiger partial charge in [-0.3, -0.25) is 9.59 Å². The Labute approximate surface area is 173 Å². The maximum atomic E-state index is 13.0. The number of benzene rings is 1. The molecule has 2 aromatic rings. The quantitative estimate of drug-likeness (QED) is 0.734. The van der Waals surface area contributed by atoms with Gasteiger partial charge in [0, 0.05) is 31.5 Å². The van der Waals surface area contributed by atoms with E-state index in [9.17, 15) is 9.59 Å². The van der Waals surface area contributed by atoms with Crippen LogP contribution in [0.1, 0.15) is 65.8 Å². The monoisotopic (exact) mass is 396 g/mol. The van der Waals surface area contributed by atoms with Crippen LogP contribution in [-0.4, -0.2) is 23.6 Å². The highest BCUT2D eigenvalue weighted by atomic mass is 16.5. The van der Waals surface area contributed by atoms with E-state index in [0.717, 1.165) is 50.8 Å². The lowest BCUT2D eigenvalue weighted by atomic mass is 9.95. The van der Waals surface area contributed by atoms with Gasteiger partial charge in [-0.15, -0.1) is 0 Å². The highest BCUT2D eigenvalue weighted by molar-refractivity contribution is 5.95. The van der Waals surface area contributed by atoms with Crippen LogP contribution >= 0.6 is 0 Å². The number of amides is 1. The molecule has 29 heavy (non-hydrogen) atoms.